The van der Waals surface area contributed by atoms with Gasteiger partial charge in [0, 0.05) is 5.92 Å². The van der Waals surface area contributed by atoms with Gasteiger partial charge >= 0.3 is 0 Å². The zero-order chi connectivity index (χ0) is 13.2. The average Bonchev–Trinajstić information content (AvgIpc) is 2.29. The van der Waals surface area contributed by atoms with Crippen molar-refractivity contribution >= 4 is 10.1 Å². The van der Waals surface area contributed by atoms with Crippen LogP contribution in [-0.4, -0.2) is 20.8 Å². The predicted molar refractivity (Wildman–Crippen MR) is 72.1 cm³/mol. The summed E-state index contributed by atoms with van der Waals surface area (Å²) in [5.74, 6) is 0.203. The largest absolute Gasteiger partial charge is 0.266 e. The third-order valence-corrected chi connectivity index (χ3v) is 4.10. The lowest BCUT2D eigenvalue weighted by Crippen LogP contribution is -2.28. The van der Waals surface area contributed by atoms with Crippen molar-refractivity contribution in [3.63, 3.8) is 0 Å². The molecule has 0 bridgehead atoms. The highest BCUT2D eigenvalue weighted by Crippen LogP contribution is 2.35. The van der Waals surface area contributed by atoms with Crippen LogP contribution in [0.2, 0.25) is 0 Å². The second kappa shape index (κ2) is 5.41. The Hall–Kier alpha value is -0.870. The molecule has 18 heavy (non-hydrogen) atoms. The lowest BCUT2D eigenvalue weighted by Gasteiger charge is -2.30. The fraction of sp³-hybridized carbons (Fsp3) is 0.571. The van der Waals surface area contributed by atoms with E-state index in [9.17, 15) is 8.42 Å². The van der Waals surface area contributed by atoms with Gasteiger partial charge in [0.25, 0.3) is 10.1 Å². The van der Waals surface area contributed by atoms with Crippen LogP contribution in [0.1, 0.15) is 42.7 Å². The van der Waals surface area contributed by atoms with Crippen molar-refractivity contribution in [3.8, 4) is 0 Å². The van der Waals surface area contributed by atoms with Gasteiger partial charge in [-0.3, -0.25) is 4.18 Å². The first-order valence-electron chi connectivity index (χ1n) is 6.40. The van der Waals surface area contributed by atoms with Crippen molar-refractivity contribution in [2.75, 3.05) is 6.26 Å². The van der Waals surface area contributed by atoms with E-state index in [0.29, 0.717) is 0 Å². The molecule has 1 aromatic rings. The van der Waals surface area contributed by atoms with Crippen LogP contribution in [0, 0.1) is 6.92 Å². The summed E-state index contributed by atoms with van der Waals surface area (Å²) in [6.45, 7) is 2.05. The van der Waals surface area contributed by atoms with Crippen molar-refractivity contribution in [1.29, 1.82) is 0 Å². The summed E-state index contributed by atoms with van der Waals surface area (Å²) in [5.41, 5.74) is 2.41. The van der Waals surface area contributed by atoms with E-state index >= 15 is 0 Å². The summed E-state index contributed by atoms with van der Waals surface area (Å²) < 4.78 is 27.9. The molecule has 0 radical (unpaired) electrons. The molecule has 1 aliphatic carbocycles. The molecule has 4 heteroatoms. The summed E-state index contributed by atoms with van der Waals surface area (Å²) in [4.78, 5) is 0. The van der Waals surface area contributed by atoms with Crippen LogP contribution in [0.15, 0.2) is 24.3 Å². The lowest BCUT2D eigenvalue weighted by atomic mass is 9.81. The Bertz CT molecular complexity index is 490. The Kier molecular flexibility index (Phi) is 4.07. The molecular weight excluding hydrogens is 248 g/mol. The minimum Gasteiger partial charge on any atom is -0.266 e. The predicted octanol–water partition coefficient (Wildman–Crippen LogP) is 3.00. The molecule has 1 saturated carbocycles. The van der Waals surface area contributed by atoms with Crippen molar-refractivity contribution < 1.29 is 12.6 Å². The topological polar surface area (TPSA) is 43.4 Å². The Morgan fingerprint density at radius 3 is 2.33 bits per heavy atom. The quantitative estimate of drug-likeness (QED) is 0.791. The number of benzene rings is 1. The summed E-state index contributed by atoms with van der Waals surface area (Å²) in [7, 11) is -3.37. The first-order valence-corrected chi connectivity index (χ1v) is 8.22. The average molecular weight is 268 g/mol. The monoisotopic (exact) mass is 268 g/mol. The minimum atomic E-state index is -3.37. The minimum absolute atomic E-state index is 0.198. The van der Waals surface area contributed by atoms with Gasteiger partial charge in [-0.25, -0.2) is 0 Å². The van der Waals surface area contributed by atoms with Gasteiger partial charge < -0.3 is 0 Å². The van der Waals surface area contributed by atoms with Crippen molar-refractivity contribution in [2.45, 2.75) is 44.6 Å². The van der Waals surface area contributed by atoms with E-state index in [1.54, 1.807) is 0 Å². The maximum atomic E-state index is 11.3. The van der Waals surface area contributed by atoms with Gasteiger partial charge in [-0.2, -0.15) is 8.42 Å². The number of hydrogen-bond donors (Lipinski definition) is 0. The zero-order valence-electron chi connectivity index (χ0n) is 10.9. The van der Waals surface area contributed by atoms with E-state index in [2.05, 4.69) is 31.2 Å². The maximum absolute atomic E-state index is 11.3. The Morgan fingerprint density at radius 1 is 1.11 bits per heavy atom. The highest BCUT2D eigenvalue weighted by Gasteiger charge is 2.29. The van der Waals surface area contributed by atoms with Crippen LogP contribution < -0.4 is 0 Å². The van der Waals surface area contributed by atoms with Crippen molar-refractivity contribution in [2.24, 2.45) is 0 Å². The molecule has 2 unspecified atom stereocenters. The van der Waals surface area contributed by atoms with Gasteiger partial charge in [-0.05, 0) is 25.3 Å². The SMILES string of the molecule is Cc1ccc(C2CCCCC2OS(C)(=O)=O)cc1. The van der Waals surface area contributed by atoms with E-state index in [1.165, 1.54) is 11.1 Å². The smallest absolute Gasteiger partial charge is 0.264 e. The van der Waals surface area contributed by atoms with Gasteiger partial charge in [0.15, 0.2) is 0 Å². The molecule has 2 atom stereocenters. The van der Waals surface area contributed by atoms with E-state index in [0.717, 1.165) is 31.9 Å². The van der Waals surface area contributed by atoms with E-state index in [1.807, 2.05) is 0 Å². The second-order valence-corrected chi connectivity index (χ2v) is 6.74. The molecule has 0 N–H and O–H groups in total. The van der Waals surface area contributed by atoms with Gasteiger partial charge in [0.1, 0.15) is 0 Å². The number of hydrogen-bond acceptors (Lipinski definition) is 3. The molecule has 1 aromatic carbocycles. The van der Waals surface area contributed by atoms with Gasteiger partial charge in [-0.1, -0.05) is 42.7 Å². The number of rotatable bonds is 3. The first kappa shape index (κ1) is 13.6. The lowest BCUT2D eigenvalue weighted by molar-refractivity contribution is 0.138. The van der Waals surface area contributed by atoms with E-state index in [-0.39, 0.29) is 12.0 Å². The highest BCUT2D eigenvalue weighted by atomic mass is 32.2. The van der Waals surface area contributed by atoms with E-state index in [4.69, 9.17) is 4.18 Å². The van der Waals surface area contributed by atoms with Crippen LogP contribution in [0.3, 0.4) is 0 Å². The molecule has 0 aliphatic heterocycles. The van der Waals surface area contributed by atoms with Crippen LogP contribution >= 0.6 is 0 Å². The van der Waals surface area contributed by atoms with Gasteiger partial charge in [0.2, 0.25) is 0 Å². The Morgan fingerprint density at radius 2 is 1.72 bits per heavy atom. The summed E-state index contributed by atoms with van der Waals surface area (Å²) >= 11 is 0. The molecule has 0 saturated heterocycles. The molecule has 0 amide bonds. The fourth-order valence-corrected chi connectivity index (χ4v) is 3.31. The standard InChI is InChI=1S/C14H20O3S/c1-11-7-9-12(10-8-11)13-5-3-4-6-14(13)17-18(2,15)16/h7-10,13-14H,3-6H2,1-2H3. The molecule has 1 aliphatic rings. The highest BCUT2D eigenvalue weighted by molar-refractivity contribution is 7.86. The molecule has 0 spiro atoms. The normalized spacial score (nSPS) is 25.0. The molecule has 2 rings (SSSR count). The van der Waals surface area contributed by atoms with Crippen LogP contribution in [-0.2, 0) is 14.3 Å². The molecule has 3 nitrogen and oxygen atoms in total. The molecule has 0 aromatic heterocycles. The first-order chi connectivity index (χ1) is 8.46. The molecule has 1 fully saturated rings. The maximum Gasteiger partial charge on any atom is 0.264 e. The third-order valence-electron chi connectivity index (χ3n) is 3.51. The van der Waals surface area contributed by atoms with Gasteiger partial charge in [-0.15, -0.1) is 0 Å². The summed E-state index contributed by atoms with van der Waals surface area (Å²) in [6.07, 6.45) is 4.95. The van der Waals surface area contributed by atoms with E-state index < -0.39 is 10.1 Å². The Labute approximate surface area is 109 Å². The van der Waals surface area contributed by atoms with Crippen molar-refractivity contribution in [3.05, 3.63) is 35.4 Å². The molecule has 0 heterocycles. The molecular formula is C14H20O3S. The number of aryl methyl sites for hydroxylation is 1. The van der Waals surface area contributed by atoms with Crippen molar-refractivity contribution in [1.82, 2.24) is 0 Å². The second-order valence-electron chi connectivity index (χ2n) is 5.14. The fourth-order valence-electron chi connectivity index (χ4n) is 2.63. The third kappa shape index (κ3) is 3.56. The Balaban J connectivity index is 2.20. The zero-order valence-corrected chi connectivity index (χ0v) is 11.7. The summed E-state index contributed by atoms with van der Waals surface area (Å²) in [5, 5.41) is 0. The van der Waals surface area contributed by atoms with Crippen LogP contribution in [0.25, 0.3) is 0 Å². The van der Waals surface area contributed by atoms with Crippen LogP contribution in [0.5, 0.6) is 0 Å². The van der Waals surface area contributed by atoms with Crippen LogP contribution in [0.4, 0.5) is 0 Å². The van der Waals surface area contributed by atoms with Gasteiger partial charge in [0.05, 0.1) is 12.4 Å². The summed E-state index contributed by atoms with van der Waals surface area (Å²) in [6, 6.07) is 8.32. The molecule has 100 valence electrons.